The molecule has 5 nitrogen and oxygen atoms in total. The van der Waals surface area contributed by atoms with E-state index in [2.05, 4.69) is 39.2 Å². The zero-order valence-corrected chi connectivity index (χ0v) is 16.6. The van der Waals surface area contributed by atoms with Gasteiger partial charge in [-0.05, 0) is 51.7 Å². The highest BCUT2D eigenvalue weighted by atomic mass is 28.4. The second kappa shape index (κ2) is 8.31. The van der Waals surface area contributed by atoms with E-state index >= 15 is 0 Å². The van der Waals surface area contributed by atoms with Gasteiger partial charge in [0.25, 0.3) is 0 Å². The number of carbonyl (C=O) groups excluding carboxylic acids is 1. The summed E-state index contributed by atoms with van der Waals surface area (Å²) in [5.41, 5.74) is -0.522. The number of amides is 1. The highest BCUT2D eigenvalue weighted by molar-refractivity contribution is 6.74. The van der Waals surface area contributed by atoms with E-state index < -0.39 is 20.0 Å². The lowest BCUT2D eigenvalue weighted by molar-refractivity contribution is 0.0478. The van der Waals surface area contributed by atoms with Crippen molar-refractivity contribution >= 4 is 14.4 Å². The average Bonchev–Trinajstić information content (AvgIpc) is 2.28. The SMILES string of the molecule is CC(C)(C)OC(=O)N[C@@H](CCCO)CO[Si](C)(C)C(C)(C)C. The molecule has 0 aliphatic rings. The van der Waals surface area contributed by atoms with E-state index in [9.17, 15) is 4.79 Å². The molecule has 6 heteroatoms. The van der Waals surface area contributed by atoms with E-state index in [1.54, 1.807) is 0 Å². The fourth-order valence-corrected chi connectivity index (χ4v) is 2.59. The molecule has 0 unspecified atom stereocenters. The summed E-state index contributed by atoms with van der Waals surface area (Å²) in [7, 11) is -1.86. The molecule has 0 bridgehead atoms. The number of rotatable bonds is 7. The molecule has 1 amide bonds. The maximum absolute atomic E-state index is 11.9. The maximum Gasteiger partial charge on any atom is 0.407 e. The largest absolute Gasteiger partial charge is 0.444 e. The minimum Gasteiger partial charge on any atom is -0.444 e. The highest BCUT2D eigenvalue weighted by Gasteiger charge is 2.37. The Labute approximate surface area is 136 Å². The molecule has 0 fully saturated rings. The summed E-state index contributed by atoms with van der Waals surface area (Å²) in [5, 5.41) is 12.0. The lowest BCUT2D eigenvalue weighted by atomic mass is 10.2. The molecule has 1 atom stereocenters. The molecule has 0 aliphatic carbocycles. The number of hydrogen-bond donors (Lipinski definition) is 2. The maximum atomic E-state index is 11.9. The number of aliphatic hydroxyl groups is 1. The molecule has 0 aromatic carbocycles. The van der Waals surface area contributed by atoms with Gasteiger partial charge in [0.1, 0.15) is 5.60 Å². The van der Waals surface area contributed by atoms with Gasteiger partial charge in [0.05, 0.1) is 12.6 Å². The smallest absolute Gasteiger partial charge is 0.407 e. The van der Waals surface area contributed by atoms with Crippen LogP contribution in [0.2, 0.25) is 18.1 Å². The Balaban J connectivity index is 4.62. The summed E-state index contributed by atoms with van der Waals surface area (Å²) >= 11 is 0. The molecule has 0 heterocycles. The van der Waals surface area contributed by atoms with Gasteiger partial charge in [-0.3, -0.25) is 0 Å². The van der Waals surface area contributed by atoms with E-state index in [1.807, 2.05) is 20.8 Å². The van der Waals surface area contributed by atoms with Gasteiger partial charge in [0, 0.05) is 6.61 Å². The Morgan fingerprint density at radius 3 is 2.14 bits per heavy atom. The van der Waals surface area contributed by atoms with Crippen molar-refractivity contribution in [1.29, 1.82) is 0 Å². The second-order valence-corrected chi connectivity index (χ2v) is 13.1. The van der Waals surface area contributed by atoms with Crippen LogP contribution >= 0.6 is 0 Å². The molecular weight excluding hydrogens is 298 g/mol. The molecule has 0 rings (SSSR count). The number of alkyl carbamates (subject to hydrolysis) is 1. The number of aliphatic hydroxyl groups excluding tert-OH is 1. The van der Waals surface area contributed by atoms with Crippen molar-refractivity contribution in [2.24, 2.45) is 0 Å². The van der Waals surface area contributed by atoms with Crippen LogP contribution in [0.5, 0.6) is 0 Å². The van der Waals surface area contributed by atoms with Crippen LogP contribution in [0, 0.1) is 0 Å². The zero-order valence-electron chi connectivity index (χ0n) is 15.6. The summed E-state index contributed by atoms with van der Waals surface area (Å²) in [4.78, 5) is 11.9. The van der Waals surface area contributed by atoms with E-state index in [0.29, 0.717) is 19.4 Å². The predicted molar refractivity (Wildman–Crippen MR) is 92.6 cm³/mol. The van der Waals surface area contributed by atoms with Crippen LogP contribution in [0.3, 0.4) is 0 Å². The molecule has 0 aliphatic heterocycles. The van der Waals surface area contributed by atoms with Gasteiger partial charge in [-0.1, -0.05) is 20.8 Å². The van der Waals surface area contributed by atoms with Crippen molar-refractivity contribution in [3.8, 4) is 0 Å². The number of ether oxygens (including phenoxy) is 1. The van der Waals surface area contributed by atoms with Crippen LogP contribution in [0.1, 0.15) is 54.4 Å². The normalized spacial score (nSPS) is 14.6. The van der Waals surface area contributed by atoms with E-state index in [-0.39, 0.29) is 17.7 Å². The number of carbonyl (C=O) groups is 1. The van der Waals surface area contributed by atoms with Crippen molar-refractivity contribution in [2.45, 2.75) is 84.2 Å². The summed E-state index contributed by atoms with van der Waals surface area (Å²) in [6, 6.07) is -0.142. The molecular formula is C16H35NO4Si. The summed E-state index contributed by atoms with van der Waals surface area (Å²) in [6.45, 7) is 17.0. The van der Waals surface area contributed by atoms with Crippen LogP contribution in [0.25, 0.3) is 0 Å². The molecule has 22 heavy (non-hydrogen) atoms. The molecule has 0 aromatic rings. The first-order chi connectivity index (χ1) is 9.78. The first kappa shape index (κ1) is 21.4. The minimum atomic E-state index is -1.86. The molecule has 0 saturated heterocycles. The number of nitrogens with one attached hydrogen (secondary N) is 1. The Hall–Kier alpha value is -0.593. The molecule has 0 saturated carbocycles. The molecule has 0 aromatic heterocycles. The first-order valence-electron chi connectivity index (χ1n) is 8.03. The number of hydrogen-bond acceptors (Lipinski definition) is 4. The van der Waals surface area contributed by atoms with Crippen LogP contribution < -0.4 is 5.32 Å². The van der Waals surface area contributed by atoms with E-state index in [4.69, 9.17) is 14.3 Å². The molecule has 132 valence electrons. The van der Waals surface area contributed by atoms with Crippen molar-refractivity contribution in [3.63, 3.8) is 0 Å². The second-order valence-electron chi connectivity index (χ2n) is 8.28. The fourth-order valence-electron chi connectivity index (χ4n) is 1.53. The van der Waals surface area contributed by atoms with Gasteiger partial charge < -0.3 is 19.6 Å². The third-order valence-corrected chi connectivity index (χ3v) is 8.38. The lowest BCUT2D eigenvalue weighted by Crippen LogP contribution is -2.47. The minimum absolute atomic E-state index is 0.104. The van der Waals surface area contributed by atoms with Gasteiger partial charge in [0.15, 0.2) is 8.32 Å². The monoisotopic (exact) mass is 333 g/mol. The zero-order chi connectivity index (χ0) is 17.6. The fraction of sp³-hybridized carbons (Fsp3) is 0.938. The molecule has 0 radical (unpaired) electrons. The topological polar surface area (TPSA) is 67.8 Å². The van der Waals surface area contributed by atoms with Crippen LogP contribution in [-0.2, 0) is 9.16 Å². The third-order valence-electron chi connectivity index (χ3n) is 3.88. The van der Waals surface area contributed by atoms with Gasteiger partial charge >= 0.3 is 6.09 Å². The van der Waals surface area contributed by atoms with Crippen molar-refractivity contribution in [3.05, 3.63) is 0 Å². The summed E-state index contributed by atoms with van der Waals surface area (Å²) < 4.78 is 11.5. The summed E-state index contributed by atoms with van der Waals surface area (Å²) in [5.74, 6) is 0. The Morgan fingerprint density at radius 1 is 1.18 bits per heavy atom. The Bertz CT molecular complexity index is 345. The van der Waals surface area contributed by atoms with Gasteiger partial charge in [-0.15, -0.1) is 0 Å². The van der Waals surface area contributed by atoms with Crippen LogP contribution in [-0.4, -0.2) is 44.4 Å². The highest BCUT2D eigenvalue weighted by Crippen LogP contribution is 2.36. The Kier molecular flexibility index (Phi) is 8.09. The van der Waals surface area contributed by atoms with Crippen molar-refractivity contribution < 1.29 is 19.1 Å². The van der Waals surface area contributed by atoms with Gasteiger partial charge in [0.2, 0.25) is 0 Å². The van der Waals surface area contributed by atoms with Crippen molar-refractivity contribution in [2.75, 3.05) is 13.2 Å². The van der Waals surface area contributed by atoms with E-state index in [0.717, 1.165) is 0 Å². The standard InChI is InChI=1S/C16H35NO4Si/c1-15(2,3)21-14(19)17-13(10-9-11-18)12-20-22(7,8)16(4,5)6/h13,18H,9-12H2,1-8H3,(H,17,19)/t13-/m0/s1. The van der Waals surface area contributed by atoms with Crippen LogP contribution in [0.15, 0.2) is 0 Å². The van der Waals surface area contributed by atoms with Gasteiger partial charge in [-0.25, -0.2) is 4.79 Å². The van der Waals surface area contributed by atoms with E-state index in [1.165, 1.54) is 0 Å². The average molecular weight is 334 g/mol. The van der Waals surface area contributed by atoms with Crippen molar-refractivity contribution in [1.82, 2.24) is 5.32 Å². The quantitative estimate of drug-likeness (QED) is 0.698. The lowest BCUT2D eigenvalue weighted by Gasteiger charge is -2.37. The molecule has 0 spiro atoms. The van der Waals surface area contributed by atoms with Gasteiger partial charge in [-0.2, -0.15) is 0 Å². The summed E-state index contributed by atoms with van der Waals surface area (Å²) in [6.07, 6.45) is 0.861. The molecule has 2 N–H and O–H groups in total. The predicted octanol–water partition coefficient (Wildman–Crippen LogP) is 3.67. The van der Waals surface area contributed by atoms with Crippen LogP contribution in [0.4, 0.5) is 4.79 Å². The first-order valence-corrected chi connectivity index (χ1v) is 10.9. The third kappa shape index (κ3) is 8.75. The Morgan fingerprint density at radius 2 is 1.73 bits per heavy atom.